The first-order valence-corrected chi connectivity index (χ1v) is 5.47. The second kappa shape index (κ2) is 4.00. The van der Waals surface area contributed by atoms with E-state index in [-0.39, 0.29) is 5.88 Å². The Hall–Kier alpha value is -1.77. The molecule has 1 aromatic carbocycles. The van der Waals surface area contributed by atoms with E-state index >= 15 is 0 Å². The van der Waals surface area contributed by atoms with Crippen molar-refractivity contribution in [3.05, 3.63) is 35.5 Å². The molecule has 2 aromatic rings. The standard InChI is InChI=1S/C13H16N2O/c1-4-15-10(3)12(13(16)14-15)11-7-5-9(2)6-8-11/h5-8H,4H2,1-3H3,(H,14,16). The summed E-state index contributed by atoms with van der Waals surface area (Å²) in [5.74, 6) is 0.114. The summed E-state index contributed by atoms with van der Waals surface area (Å²) < 4.78 is 1.81. The van der Waals surface area contributed by atoms with Crippen LogP contribution in [0.1, 0.15) is 18.2 Å². The molecule has 1 N–H and O–H groups in total. The zero-order valence-corrected chi connectivity index (χ0v) is 9.86. The zero-order chi connectivity index (χ0) is 11.7. The molecule has 3 heteroatoms. The highest BCUT2D eigenvalue weighted by Crippen LogP contribution is 2.31. The molecule has 0 saturated heterocycles. The molecule has 0 atom stereocenters. The van der Waals surface area contributed by atoms with E-state index in [1.165, 1.54) is 5.56 Å². The highest BCUT2D eigenvalue weighted by Gasteiger charge is 2.14. The molecule has 0 spiro atoms. The van der Waals surface area contributed by atoms with Gasteiger partial charge in [0.05, 0.1) is 5.56 Å². The summed E-state index contributed by atoms with van der Waals surface area (Å²) in [6.07, 6.45) is 0. The molecule has 0 unspecified atom stereocenters. The van der Waals surface area contributed by atoms with Crippen LogP contribution in [-0.4, -0.2) is 14.9 Å². The lowest BCUT2D eigenvalue weighted by molar-refractivity contribution is 0.440. The average molecular weight is 216 g/mol. The monoisotopic (exact) mass is 216 g/mol. The molecule has 0 amide bonds. The fraction of sp³-hybridized carbons (Fsp3) is 0.308. The molecule has 0 fully saturated rings. The first kappa shape index (κ1) is 10.7. The third kappa shape index (κ3) is 1.69. The lowest BCUT2D eigenvalue weighted by atomic mass is 10.0. The molecular weight excluding hydrogens is 200 g/mol. The second-order valence-electron chi connectivity index (χ2n) is 3.97. The normalized spacial score (nSPS) is 10.7. The van der Waals surface area contributed by atoms with Crippen molar-refractivity contribution < 1.29 is 5.11 Å². The molecule has 0 saturated carbocycles. The zero-order valence-electron chi connectivity index (χ0n) is 9.86. The van der Waals surface area contributed by atoms with Crippen LogP contribution in [-0.2, 0) is 6.54 Å². The Morgan fingerprint density at radius 3 is 2.31 bits per heavy atom. The minimum absolute atomic E-state index is 0.114. The Bertz CT molecular complexity index is 497. The van der Waals surface area contributed by atoms with Gasteiger partial charge in [0.15, 0.2) is 0 Å². The molecule has 2 rings (SSSR count). The van der Waals surface area contributed by atoms with Crippen LogP contribution < -0.4 is 0 Å². The van der Waals surface area contributed by atoms with E-state index in [1.54, 1.807) is 0 Å². The molecule has 0 radical (unpaired) electrons. The Morgan fingerprint density at radius 1 is 1.19 bits per heavy atom. The van der Waals surface area contributed by atoms with E-state index in [9.17, 15) is 5.11 Å². The summed E-state index contributed by atoms with van der Waals surface area (Å²) in [6.45, 7) is 6.81. The maximum atomic E-state index is 9.83. The van der Waals surface area contributed by atoms with Crippen molar-refractivity contribution in [2.24, 2.45) is 0 Å². The molecular formula is C13H16N2O. The molecule has 16 heavy (non-hydrogen) atoms. The minimum atomic E-state index is 0.114. The molecule has 0 aliphatic rings. The van der Waals surface area contributed by atoms with Gasteiger partial charge in [-0.3, -0.25) is 4.68 Å². The van der Waals surface area contributed by atoms with Gasteiger partial charge in [-0.25, -0.2) is 0 Å². The lowest BCUT2D eigenvalue weighted by Crippen LogP contribution is -1.98. The predicted octanol–water partition coefficient (Wildman–Crippen LogP) is 2.89. The van der Waals surface area contributed by atoms with E-state index in [0.29, 0.717) is 0 Å². The van der Waals surface area contributed by atoms with Crippen LogP contribution in [0, 0.1) is 13.8 Å². The van der Waals surface area contributed by atoms with E-state index in [4.69, 9.17) is 0 Å². The summed E-state index contributed by atoms with van der Waals surface area (Å²) in [4.78, 5) is 0. The van der Waals surface area contributed by atoms with Crippen molar-refractivity contribution in [2.75, 3.05) is 0 Å². The van der Waals surface area contributed by atoms with Gasteiger partial charge in [-0.15, -0.1) is 5.10 Å². The van der Waals surface area contributed by atoms with Crippen LogP contribution in [0.2, 0.25) is 0 Å². The van der Waals surface area contributed by atoms with Gasteiger partial charge >= 0.3 is 0 Å². The molecule has 1 heterocycles. The Morgan fingerprint density at radius 2 is 1.81 bits per heavy atom. The number of nitrogens with zero attached hydrogens (tertiary/aromatic N) is 2. The largest absolute Gasteiger partial charge is 0.492 e. The fourth-order valence-corrected chi connectivity index (χ4v) is 1.90. The molecule has 3 nitrogen and oxygen atoms in total. The third-order valence-corrected chi connectivity index (χ3v) is 2.83. The highest BCUT2D eigenvalue weighted by atomic mass is 16.3. The smallest absolute Gasteiger partial charge is 0.238 e. The number of benzene rings is 1. The maximum absolute atomic E-state index is 9.83. The van der Waals surface area contributed by atoms with Crippen LogP contribution in [0.25, 0.3) is 11.1 Å². The van der Waals surface area contributed by atoms with Gasteiger partial charge in [0, 0.05) is 12.2 Å². The van der Waals surface area contributed by atoms with Crippen molar-refractivity contribution in [3.8, 4) is 17.0 Å². The first-order valence-electron chi connectivity index (χ1n) is 5.47. The third-order valence-electron chi connectivity index (χ3n) is 2.83. The van der Waals surface area contributed by atoms with Gasteiger partial charge in [-0.2, -0.15) is 0 Å². The predicted molar refractivity (Wildman–Crippen MR) is 64.5 cm³/mol. The van der Waals surface area contributed by atoms with Crippen molar-refractivity contribution in [1.82, 2.24) is 9.78 Å². The SMILES string of the molecule is CCn1nc(O)c(-c2ccc(C)cc2)c1C. The lowest BCUT2D eigenvalue weighted by Gasteiger charge is -2.02. The number of hydrogen-bond donors (Lipinski definition) is 1. The second-order valence-corrected chi connectivity index (χ2v) is 3.97. The summed E-state index contributed by atoms with van der Waals surface area (Å²) in [5, 5.41) is 13.9. The summed E-state index contributed by atoms with van der Waals surface area (Å²) in [5.41, 5.74) is 4.06. The minimum Gasteiger partial charge on any atom is -0.492 e. The number of aromatic nitrogens is 2. The van der Waals surface area contributed by atoms with Gasteiger partial charge < -0.3 is 5.11 Å². The number of hydrogen-bond acceptors (Lipinski definition) is 2. The number of rotatable bonds is 2. The van der Waals surface area contributed by atoms with Gasteiger partial charge in [0.1, 0.15) is 0 Å². The van der Waals surface area contributed by atoms with Gasteiger partial charge in [-0.05, 0) is 26.3 Å². The Balaban J connectivity index is 2.55. The van der Waals surface area contributed by atoms with Crippen molar-refractivity contribution in [3.63, 3.8) is 0 Å². The quantitative estimate of drug-likeness (QED) is 0.838. The van der Waals surface area contributed by atoms with Crippen LogP contribution >= 0.6 is 0 Å². The first-order chi connectivity index (χ1) is 7.63. The van der Waals surface area contributed by atoms with Gasteiger partial charge in [-0.1, -0.05) is 29.8 Å². The molecule has 0 bridgehead atoms. The molecule has 0 aliphatic heterocycles. The van der Waals surface area contributed by atoms with E-state index in [1.807, 2.05) is 49.7 Å². The molecule has 1 aromatic heterocycles. The van der Waals surface area contributed by atoms with E-state index < -0.39 is 0 Å². The van der Waals surface area contributed by atoms with E-state index in [0.717, 1.165) is 23.4 Å². The molecule has 0 aliphatic carbocycles. The van der Waals surface area contributed by atoms with Crippen molar-refractivity contribution in [2.45, 2.75) is 27.3 Å². The van der Waals surface area contributed by atoms with Crippen molar-refractivity contribution >= 4 is 0 Å². The van der Waals surface area contributed by atoms with E-state index in [2.05, 4.69) is 5.10 Å². The Kier molecular flexibility index (Phi) is 2.69. The number of aryl methyl sites for hydroxylation is 2. The van der Waals surface area contributed by atoms with Gasteiger partial charge in [0.2, 0.25) is 5.88 Å². The fourth-order valence-electron chi connectivity index (χ4n) is 1.90. The average Bonchev–Trinajstić information content (AvgIpc) is 2.56. The highest BCUT2D eigenvalue weighted by molar-refractivity contribution is 5.71. The van der Waals surface area contributed by atoms with Crippen LogP contribution in [0.4, 0.5) is 0 Å². The summed E-state index contributed by atoms with van der Waals surface area (Å²) in [7, 11) is 0. The van der Waals surface area contributed by atoms with Crippen LogP contribution in [0.15, 0.2) is 24.3 Å². The van der Waals surface area contributed by atoms with Crippen LogP contribution in [0.5, 0.6) is 5.88 Å². The topological polar surface area (TPSA) is 38.0 Å². The molecule has 84 valence electrons. The summed E-state index contributed by atoms with van der Waals surface area (Å²) in [6, 6.07) is 8.10. The van der Waals surface area contributed by atoms with Crippen molar-refractivity contribution in [1.29, 1.82) is 0 Å². The van der Waals surface area contributed by atoms with Crippen LogP contribution in [0.3, 0.4) is 0 Å². The Labute approximate surface area is 95.3 Å². The number of aromatic hydroxyl groups is 1. The summed E-state index contributed by atoms with van der Waals surface area (Å²) >= 11 is 0. The maximum Gasteiger partial charge on any atom is 0.238 e. The van der Waals surface area contributed by atoms with Gasteiger partial charge in [0.25, 0.3) is 0 Å².